The summed E-state index contributed by atoms with van der Waals surface area (Å²) in [6.45, 7) is 3.50. The normalized spacial score (nSPS) is 11.3. The van der Waals surface area contributed by atoms with Gasteiger partial charge in [-0.05, 0) is 42.3 Å². The number of carbonyl (C=O) groups excluding carboxylic acids is 2. The molecule has 4 N–H and O–H groups in total. The Morgan fingerprint density at radius 2 is 1.78 bits per heavy atom. The van der Waals surface area contributed by atoms with Crippen LogP contribution in [0.1, 0.15) is 13.8 Å². The summed E-state index contributed by atoms with van der Waals surface area (Å²) in [4.78, 5) is 23.6. The Hall–Kier alpha value is -2.64. The number of nitrogens with two attached hydrogens (primary N) is 1. The number of nitrogens with one attached hydrogen (secondary N) is 2. The highest BCUT2D eigenvalue weighted by Crippen LogP contribution is 2.23. The van der Waals surface area contributed by atoms with Crippen LogP contribution in [0.5, 0.6) is 11.5 Å². The summed E-state index contributed by atoms with van der Waals surface area (Å²) < 4.78 is 18.7. The zero-order valence-corrected chi connectivity index (χ0v) is 15.9. The second-order valence-electron chi connectivity index (χ2n) is 6.12. The van der Waals surface area contributed by atoms with Crippen molar-refractivity contribution in [2.24, 2.45) is 11.7 Å². The average Bonchev–Trinajstić information content (AvgIpc) is 2.60. The van der Waals surface area contributed by atoms with Crippen LogP contribution in [0, 0.1) is 11.7 Å². The highest BCUT2D eigenvalue weighted by molar-refractivity contribution is 5.95. The van der Waals surface area contributed by atoms with E-state index in [9.17, 15) is 14.0 Å². The Labute approximate surface area is 163 Å². The van der Waals surface area contributed by atoms with Crippen LogP contribution in [0.15, 0.2) is 48.5 Å². The zero-order chi connectivity index (χ0) is 19.1. The Balaban J connectivity index is 0.00000364. The van der Waals surface area contributed by atoms with Crippen LogP contribution in [-0.2, 0) is 9.59 Å². The molecule has 2 aromatic rings. The highest BCUT2D eigenvalue weighted by atomic mass is 35.5. The minimum atomic E-state index is -0.651. The molecule has 0 aromatic heterocycles. The van der Waals surface area contributed by atoms with Gasteiger partial charge in [0, 0.05) is 11.8 Å². The molecule has 0 radical (unpaired) electrons. The summed E-state index contributed by atoms with van der Waals surface area (Å²) >= 11 is 0. The molecule has 0 aliphatic rings. The van der Waals surface area contributed by atoms with E-state index in [0.717, 1.165) is 0 Å². The van der Waals surface area contributed by atoms with E-state index >= 15 is 0 Å². The lowest BCUT2D eigenvalue weighted by atomic mass is 10.1. The van der Waals surface area contributed by atoms with Gasteiger partial charge in [-0.15, -0.1) is 12.4 Å². The van der Waals surface area contributed by atoms with Crippen molar-refractivity contribution in [1.29, 1.82) is 0 Å². The molecule has 0 aliphatic heterocycles. The minimum absolute atomic E-state index is 0. The summed E-state index contributed by atoms with van der Waals surface area (Å²) in [7, 11) is 0. The maximum Gasteiger partial charge on any atom is 0.243 e. The van der Waals surface area contributed by atoms with Crippen molar-refractivity contribution in [1.82, 2.24) is 5.32 Å². The van der Waals surface area contributed by atoms with E-state index < -0.39 is 6.04 Å². The summed E-state index contributed by atoms with van der Waals surface area (Å²) in [5.41, 5.74) is 6.25. The molecule has 1 atom stereocenters. The van der Waals surface area contributed by atoms with Gasteiger partial charge in [0.1, 0.15) is 17.3 Å². The third kappa shape index (κ3) is 7.24. The quantitative estimate of drug-likeness (QED) is 0.671. The molecular weight excluding hydrogens is 373 g/mol. The fourth-order valence-electron chi connectivity index (χ4n) is 2.07. The third-order valence-corrected chi connectivity index (χ3v) is 3.61. The van der Waals surface area contributed by atoms with E-state index in [1.807, 2.05) is 13.8 Å². The molecule has 0 aliphatic carbocycles. The molecular formula is C19H23ClFN3O3. The van der Waals surface area contributed by atoms with Crippen molar-refractivity contribution in [3.8, 4) is 11.5 Å². The van der Waals surface area contributed by atoms with Gasteiger partial charge in [-0.1, -0.05) is 19.9 Å². The molecule has 0 spiro atoms. The van der Waals surface area contributed by atoms with Crippen molar-refractivity contribution in [3.05, 3.63) is 54.3 Å². The van der Waals surface area contributed by atoms with Gasteiger partial charge in [0.05, 0.1) is 12.6 Å². The van der Waals surface area contributed by atoms with Crippen LogP contribution in [0.4, 0.5) is 10.1 Å². The fourth-order valence-corrected chi connectivity index (χ4v) is 2.07. The lowest BCUT2D eigenvalue weighted by molar-refractivity contribution is -0.125. The van der Waals surface area contributed by atoms with Gasteiger partial charge in [-0.25, -0.2) is 4.39 Å². The molecule has 0 bridgehead atoms. The van der Waals surface area contributed by atoms with E-state index in [4.69, 9.17) is 10.5 Å². The van der Waals surface area contributed by atoms with Gasteiger partial charge in [0.25, 0.3) is 0 Å². The van der Waals surface area contributed by atoms with Crippen LogP contribution in [0.2, 0.25) is 0 Å². The average molecular weight is 396 g/mol. The molecule has 0 saturated heterocycles. The van der Waals surface area contributed by atoms with Crippen LogP contribution in [0.3, 0.4) is 0 Å². The third-order valence-electron chi connectivity index (χ3n) is 3.61. The van der Waals surface area contributed by atoms with Gasteiger partial charge < -0.3 is 21.1 Å². The zero-order valence-electron chi connectivity index (χ0n) is 15.1. The minimum Gasteiger partial charge on any atom is -0.457 e. The molecule has 0 saturated carbocycles. The number of benzene rings is 2. The first-order chi connectivity index (χ1) is 12.3. The molecule has 8 heteroatoms. The summed E-state index contributed by atoms with van der Waals surface area (Å²) in [6.07, 6.45) is 0. The van der Waals surface area contributed by atoms with Crippen molar-refractivity contribution in [3.63, 3.8) is 0 Å². The lowest BCUT2D eigenvalue weighted by Gasteiger charge is -2.15. The van der Waals surface area contributed by atoms with Gasteiger partial charge in [-0.2, -0.15) is 0 Å². The van der Waals surface area contributed by atoms with Crippen molar-refractivity contribution in [2.45, 2.75) is 19.9 Å². The number of hydrogen-bond acceptors (Lipinski definition) is 4. The molecule has 2 rings (SSSR count). The molecule has 146 valence electrons. The van der Waals surface area contributed by atoms with Gasteiger partial charge in [0.15, 0.2) is 0 Å². The lowest BCUT2D eigenvalue weighted by Crippen LogP contribution is -2.46. The first kappa shape index (κ1) is 22.4. The number of carbonyl (C=O) groups is 2. The molecule has 2 amide bonds. The number of ether oxygens (including phenoxy) is 1. The van der Waals surface area contributed by atoms with E-state index in [0.29, 0.717) is 17.2 Å². The maximum absolute atomic E-state index is 13.1. The van der Waals surface area contributed by atoms with Crippen molar-refractivity contribution < 1.29 is 18.7 Å². The van der Waals surface area contributed by atoms with E-state index in [1.54, 1.807) is 36.4 Å². The van der Waals surface area contributed by atoms with Crippen molar-refractivity contribution >= 4 is 29.9 Å². The number of amides is 2. The monoisotopic (exact) mass is 395 g/mol. The smallest absolute Gasteiger partial charge is 0.243 e. The Bertz CT molecular complexity index is 769. The standard InChI is InChI=1S/C19H22FN3O3.ClH/c1-12(2)18(21)19(25)22-11-17(24)23-14-6-8-15(9-7-14)26-16-5-3-4-13(20)10-16;/h3-10,12,18H,11,21H2,1-2H3,(H,22,25)(H,23,24);1H/t18-;/m0./s1. The summed E-state index contributed by atoms with van der Waals surface area (Å²) in [5.74, 6) is -0.243. The Kier molecular flexibility index (Phi) is 8.71. The summed E-state index contributed by atoms with van der Waals surface area (Å²) in [6, 6.07) is 11.7. The van der Waals surface area contributed by atoms with Gasteiger partial charge >= 0.3 is 0 Å². The van der Waals surface area contributed by atoms with E-state index in [1.165, 1.54) is 12.1 Å². The first-order valence-corrected chi connectivity index (χ1v) is 8.22. The molecule has 6 nitrogen and oxygen atoms in total. The topological polar surface area (TPSA) is 93.5 Å². The van der Waals surface area contributed by atoms with E-state index in [-0.39, 0.29) is 42.5 Å². The number of halogens is 2. The SMILES string of the molecule is CC(C)[C@H](N)C(=O)NCC(=O)Nc1ccc(Oc2cccc(F)c2)cc1.Cl. The summed E-state index contributed by atoms with van der Waals surface area (Å²) in [5, 5.41) is 5.15. The fraction of sp³-hybridized carbons (Fsp3) is 0.263. The second kappa shape index (κ2) is 10.5. The molecule has 0 heterocycles. The number of rotatable bonds is 7. The Morgan fingerprint density at radius 1 is 1.11 bits per heavy atom. The predicted molar refractivity (Wildman–Crippen MR) is 105 cm³/mol. The molecule has 0 unspecified atom stereocenters. The highest BCUT2D eigenvalue weighted by Gasteiger charge is 2.17. The predicted octanol–water partition coefficient (Wildman–Crippen LogP) is 3.08. The molecule has 2 aromatic carbocycles. The van der Waals surface area contributed by atoms with Crippen LogP contribution in [-0.4, -0.2) is 24.4 Å². The van der Waals surface area contributed by atoms with Crippen molar-refractivity contribution in [2.75, 3.05) is 11.9 Å². The molecule has 27 heavy (non-hydrogen) atoms. The van der Waals surface area contributed by atoms with Crippen LogP contribution < -0.4 is 21.1 Å². The molecule has 0 fully saturated rings. The van der Waals surface area contributed by atoms with Gasteiger partial charge in [0.2, 0.25) is 11.8 Å². The van der Waals surface area contributed by atoms with Crippen LogP contribution in [0.25, 0.3) is 0 Å². The first-order valence-electron chi connectivity index (χ1n) is 8.22. The van der Waals surface area contributed by atoms with Crippen LogP contribution >= 0.6 is 12.4 Å². The number of anilines is 1. The number of hydrogen-bond donors (Lipinski definition) is 3. The van der Waals surface area contributed by atoms with Gasteiger partial charge in [-0.3, -0.25) is 9.59 Å². The Morgan fingerprint density at radius 3 is 2.37 bits per heavy atom. The van der Waals surface area contributed by atoms with E-state index in [2.05, 4.69) is 10.6 Å². The maximum atomic E-state index is 13.1. The largest absolute Gasteiger partial charge is 0.457 e. The second-order valence-corrected chi connectivity index (χ2v) is 6.12.